The zero-order valence-corrected chi connectivity index (χ0v) is 10.3. The summed E-state index contributed by atoms with van der Waals surface area (Å²) in [7, 11) is 0. The maximum atomic E-state index is 13.6. The predicted molar refractivity (Wildman–Crippen MR) is 65.9 cm³/mol. The van der Waals surface area contributed by atoms with Crippen molar-refractivity contribution in [1.29, 1.82) is 0 Å². The summed E-state index contributed by atoms with van der Waals surface area (Å²) in [5.74, 6) is -1.73. The third kappa shape index (κ3) is 2.73. The molecule has 0 amide bonds. The van der Waals surface area contributed by atoms with E-state index in [0.29, 0.717) is 18.3 Å². The third-order valence-corrected chi connectivity index (χ3v) is 2.56. The normalized spacial score (nSPS) is 11.2. The van der Waals surface area contributed by atoms with Crippen molar-refractivity contribution in [2.24, 2.45) is 0 Å². The van der Waals surface area contributed by atoms with Crippen LogP contribution in [0.4, 0.5) is 8.78 Å². The molecule has 96 valence electrons. The molecule has 3 nitrogen and oxygen atoms in total. The Bertz CT molecular complexity index is 535. The lowest BCUT2D eigenvalue weighted by atomic mass is 10.1. The van der Waals surface area contributed by atoms with Crippen molar-refractivity contribution >= 4 is 0 Å². The second-order valence-corrected chi connectivity index (χ2v) is 4.42. The summed E-state index contributed by atoms with van der Waals surface area (Å²) in [6, 6.07) is 6.13. The topological polar surface area (TPSA) is 40.7 Å². The van der Waals surface area contributed by atoms with Crippen LogP contribution in [-0.2, 0) is 6.54 Å². The van der Waals surface area contributed by atoms with Gasteiger partial charge in [0.15, 0.2) is 11.6 Å². The molecule has 2 N–H and O–H groups in total. The van der Waals surface area contributed by atoms with Gasteiger partial charge in [0.25, 0.3) is 0 Å². The number of aromatic amines is 1. The van der Waals surface area contributed by atoms with Crippen LogP contribution in [0.1, 0.15) is 19.5 Å². The number of hydrogen-bond donors (Lipinski definition) is 2. The largest absolute Gasteiger partial charge is 0.309 e. The SMILES string of the molecule is CC(C)NCc1cc(-c2cccc(F)c2F)n[nH]1. The highest BCUT2D eigenvalue weighted by molar-refractivity contribution is 5.60. The minimum absolute atomic E-state index is 0.169. The molecule has 0 aliphatic carbocycles. The van der Waals surface area contributed by atoms with Crippen LogP contribution in [0.3, 0.4) is 0 Å². The van der Waals surface area contributed by atoms with E-state index in [1.54, 1.807) is 6.07 Å². The van der Waals surface area contributed by atoms with Crippen molar-refractivity contribution in [2.75, 3.05) is 0 Å². The number of benzene rings is 1. The molecule has 0 aliphatic rings. The summed E-state index contributed by atoms with van der Waals surface area (Å²) in [6.07, 6.45) is 0. The quantitative estimate of drug-likeness (QED) is 0.877. The molecule has 1 aromatic heterocycles. The first-order chi connectivity index (χ1) is 8.58. The highest BCUT2D eigenvalue weighted by Crippen LogP contribution is 2.22. The lowest BCUT2D eigenvalue weighted by Crippen LogP contribution is -2.21. The van der Waals surface area contributed by atoms with Crippen LogP contribution in [0.2, 0.25) is 0 Å². The zero-order valence-electron chi connectivity index (χ0n) is 10.3. The molecule has 0 aliphatic heterocycles. The summed E-state index contributed by atoms with van der Waals surface area (Å²) >= 11 is 0. The van der Waals surface area contributed by atoms with Gasteiger partial charge in [-0.15, -0.1) is 0 Å². The number of hydrogen-bond acceptors (Lipinski definition) is 2. The van der Waals surface area contributed by atoms with E-state index in [-0.39, 0.29) is 5.56 Å². The van der Waals surface area contributed by atoms with Gasteiger partial charge in [-0.3, -0.25) is 5.10 Å². The standard InChI is InChI=1S/C13H15F2N3/c1-8(2)16-7-9-6-12(18-17-9)10-4-3-5-11(14)13(10)15/h3-6,8,16H,7H2,1-2H3,(H,17,18). The summed E-state index contributed by atoms with van der Waals surface area (Å²) in [5.41, 5.74) is 1.41. The Kier molecular flexibility index (Phi) is 3.72. The Morgan fingerprint density at radius 3 is 2.83 bits per heavy atom. The van der Waals surface area contributed by atoms with Gasteiger partial charge in [0.2, 0.25) is 0 Å². The Labute approximate surface area is 104 Å². The highest BCUT2D eigenvalue weighted by atomic mass is 19.2. The van der Waals surface area contributed by atoms with E-state index in [2.05, 4.69) is 15.5 Å². The fraction of sp³-hybridized carbons (Fsp3) is 0.308. The molecule has 2 aromatic rings. The monoisotopic (exact) mass is 251 g/mol. The minimum atomic E-state index is -0.868. The van der Waals surface area contributed by atoms with E-state index in [1.165, 1.54) is 12.1 Å². The number of nitrogens with one attached hydrogen (secondary N) is 2. The van der Waals surface area contributed by atoms with Crippen LogP contribution >= 0.6 is 0 Å². The van der Waals surface area contributed by atoms with Crippen molar-refractivity contribution in [3.8, 4) is 11.3 Å². The van der Waals surface area contributed by atoms with Crippen molar-refractivity contribution in [3.63, 3.8) is 0 Å². The Hall–Kier alpha value is -1.75. The molecule has 2 rings (SSSR count). The first-order valence-electron chi connectivity index (χ1n) is 5.80. The molecular weight excluding hydrogens is 236 g/mol. The number of halogens is 2. The minimum Gasteiger partial charge on any atom is -0.309 e. The van der Waals surface area contributed by atoms with Gasteiger partial charge in [-0.25, -0.2) is 8.78 Å². The van der Waals surface area contributed by atoms with Crippen molar-refractivity contribution in [3.05, 3.63) is 41.6 Å². The molecule has 1 aromatic carbocycles. The Morgan fingerprint density at radius 1 is 1.33 bits per heavy atom. The number of nitrogens with zero attached hydrogens (tertiary/aromatic N) is 1. The van der Waals surface area contributed by atoms with Gasteiger partial charge in [0, 0.05) is 23.8 Å². The van der Waals surface area contributed by atoms with Gasteiger partial charge in [-0.05, 0) is 18.2 Å². The van der Waals surface area contributed by atoms with E-state index in [1.807, 2.05) is 13.8 Å². The van der Waals surface area contributed by atoms with E-state index < -0.39 is 11.6 Å². The van der Waals surface area contributed by atoms with Gasteiger partial charge in [0.05, 0.1) is 5.69 Å². The molecule has 0 spiro atoms. The molecule has 5 heteroatoms. The second kappa shape index (κ2) is 5.27. The molecule has 1 heterocycles. The zero-order chi connectivity index (χ0) is 13.1. The fourth-order valence-corrected chi connectivity index (χ4v) is 1.61. The average molecular weight is 251 g/mol. The molecule has 0 fully saturated rings. The van der Waals surface area contributed by atoms with Gasteiger partial charge in [0.1, 0.15) is 0 Å². The molecule has 0 bridgehead atoms. The molecular formula is C13H15F2N3. The first-order valence-corrected chi connectivity index (χ1v) is 5.80. The Morgan fingerprint density at radius 2 is 2.11 bits per heavy atom. The van der Waals surface area contributed by atoms with E-state index in [4.69, 9.17) is 0 Å². The summed E-state index contributed by atoms with van der Waals surface area (Å²) in [6.45, 7) is 4.68. The Balaban J connectivity index is 2.21. The van der Waals surface area contributed by atoms with Crippen LogP contribution in [0.15, 0.2) is 24.3 Å². The molecule has 0 radical (unpaired) electrons. The van der Waals surface area contributed by atoms with Gasteiger partial charge in [-0.2, -0.15) is 5.10 Å². The van der Waals surface area contributed by atoms with Crippen LogP contribution in [-0.4, -0.2) is 16.2 Å². The van der Waals surface area contributed by atoms with Gasteiger partial charge >= 0.3 is 0 Å². The molecule has 0 saturated carbocycles. The maximum absolute atomic E-state index is 13.6. The number of H-pyrrole nitrogens is 1. The molecule has 18 heavy (non-hydrogen) atoms. The average Bonchev–Trinajstić information content (AvgIpc) is 2.78. The first kappa shape index (κ1) is 12.7. The lowest BCUT2D eigenvalue weighted by molar-refractivity contribution is 0.511. The van der Waals surface area contributed by atoms with Crippen molar-refractivity contribution in [1.82, 2.24) is 15.5 Å². The van der Waals surface area contributed by atoms with Crippen LogP contribution in [0.25, 0.3) is 11.3 Å². The highest BCUT2D eigenvalue weighted by Gasteiger charge is 2.12. The summed E-state index contributed by atoms with van der Waals surface area (Å²) < 4.78 is 26.7. The molecule has 0 atom stereocenters. The molecule has 0 unspecified atom stereocenters. The third-order valence-electron chi connectivity index (χ3n) is 2.56. The van der Waals surface area contributed by atoms with Crippen LogP contribution in [0, 0.1) is 11.6 Å². The number of aromatic nitrogens is 2. The lowest BCUT2D eigenvalue weighted by Gasteiger charge is -2.04. The van der Waals surface area contributed by atoms with E-state index in [0.717, 1.165) is 11.8 Å². The van der Waals surface area contributed by atoms with Gasteiger partial charge < -0.3 is 5.32 Å². The van der Waals surface area contributed by atoms with Crippen LogP contribution in [0.5, 0.6) is 0 Å². The molecule has 0 saturated heterocycles. The van der Waals surface area contributed by atoms with Crippen molar-refractivity contribution < 1.29 is 8.78 Å². The van der Waals surface area contributed by atoms with Gasteiger partial charge in [-0.1, -0.05) is 19.9 Å². The van der Waals surface area contributed by atoms with E-state index >= 15 is 0 Å². The number of rotatable bonds is 4. The second-order valence-electron chi connectivity index (χ2n) is 4.42. The fourth-order valence-electron chi connectivity index (χ4n) is 1.61. The summed E-state index contributed by atoms with van der Waals surface area (Å²) in [5, 5.41) is 10.0. The predicted octanol–water partition coefficient (Wildman–Crippen LogP) is 2.85. The maximum Gasteiger partial charge on any atom is 0.168 e. The van der Waals surface area contributed by atoms with Crippen LogP contribution < -0.4 is 5.32 Å². The summed E-state index contributed by atoms with van der Waals surface area (Å²) in [4.78, 5) is 0. The van der Waals surface area contributed by atoms with Crippen molar-refractivity contribution in [2.45, 2.75) is 26.4 Å². The smallest absolute Gasteiger partial charge is 0.168 e. The van der Waals surface area contributed by atoms with E-state index in [9.17, 15) is 8.78 Å².